The lowest BCUT2D eigenvalue weighted by molar-refractivity contribution is -0.133. The summed E-state index contributed by atoms with van der Waals surface area (Å²) in [6.45, 7) is 5.85. The number of fused-ring (bicyclic) bond motifs is 1. The molecule has 2 aliphatic heterocycles. The lowest BCUT2D eigenvalue weighted by Crippen LogP contribution is -2.49. The number of rotatable bonds is 4. The van der Waals surface area contributed by atoms with E-state index in [9.17, 15) is 9.18 Å². The molecule has 2 aromatic rings. The molecule has 0 aliphatic carbocycles. The van der Waals surface area contributed by atoms with Crippen LogP contribution in [0.2, 0.25) is 0 Å². The third kappa shape index (κ3) is 4.04. The zero-order valence-corrected chi connectivity index (χ0v) is 16.3. The van der Waals surface area contributed by atoms with Gasteiger partial charge in [0.15, 0.2) is 0 Å². The van der Waals surface area contributed by atoms with Gasteiger partial charge in [0, 0.05) is 38.6 Å². The van der Waals surface area contributed by atoms with Gasteiger partial charge in [0.05, 0.1) is 6.61 Å². The fourth-order valence-electron chi connectivity index (χ4n) is 4.30. The van der Waals surface area contributed by atoms with E-state index < -0.39 is 0 Å². The van der Waals surface area contributed by atoms with E-state index in [-0.39, 0.29) is 23.7 Å². The van der Waals surface area contributed by atoms with E-state index in [4.69, 9.17) is 4.74 Å². The molecule has 0 aromatic heterocycles. The van der Waals surface area contributed by atoms with Crippen LogP contribution in [-0.2, 0) is 4.79 Å². The Morgan fingerprint density at radius 2 is 1.93 bits per heavy atom. The van der Waals surface area contributed by atoms with Crippen molar-refractivity contribution in [3.63, 3.8) is 0 Å². The molecule has 4 nitrogen and oxygen atoms in total. The van der Waals surface area contributed by atoms with Crippen LogP contribution in [0.1, 0.15) is 42.9 Å². The summed E-state index contributed by atoms with van der Waals surface area (Å²) in [5, 5.41) is 0. The van der Waals surface area contributed by atoms with Crippen LogP contribution in [0.25, 0.3) is 0 Å². The Morgan fingerprint density at radius 1 is 1.14 bits per heavy atom. The van der Waals surface area contributed by atoms with Gasteiger partial charge in [-0.2, -0.15) is 0 Å². The van der Waals surface area contributed by atoms with Gasteiger partial charge < -0.3 is 9.64 Å². The average Bonchev–Trinajstić information content (AvgIpc) is 2.73. The van der Waals surface area contributed by atoms with E-state index in [2.05, 4.69) is 17.9 Å². The topological polar surface area (TPSA) is 32.8 Å². The van der Waals surface area contributed by atoms with E-state index >= 15 is 0 Å². The molecule has 1 saturated heterocycles. The van der Waals surface area contributed by atoms with Gasteiger partial charge in [-0.1, -0.05) is 30.3 Å². The second-order valence-corrected chi connectivity index (χ2v) is 7.72. The molecule has 0 saturated carbocycles. The number of piperazine rings is 1. The van der Waals surface area contributed by atoms with Gasteiger partial charge in [-0.25, -0.2) is 4.39 Å². The first-order valence-electron chi connectivity index (χ1n) is 10.1. The maximum absolute atomic E-state index is 13.5. The Hall–Kier alpha value is -2.40. The lowest BCUT2D eigenvalue weighted by Gasteiger charge is -2.39. The summed E-state index contributed by atoms with van der Waals surface area (Å²) in [4.78, 5) is 17.2. The third-order valence-corrected chi connectivity index (χ3v) is 6.05. The van der Waals surface area contributed by atoms with Gasteiger partial charge in [-0.3, -0.25) is 9.69 Å². The van der Waals surface area contributed by atoms with E-state index in [1.54, 1.807) is 12.1 Å². The largest absolute Gasteiger partial charge is 0.493 e. The summed E-state index contributed by atoms with van der Waals surface area (Å²) in [7, 11) is 0. The fraction of sp³-hybridized carbons (Fsp3) is 0.435. The fourth-order valence-corrected chi connectivity index (χ4v) is 4.30. The number of hydrogen-bond donors (Lipinski definition) is 0. The summed E-state index contributed by atoms with van der Waals surface area (Å²) in [5.74, 6) is 1.18. The normalized spacial score (nSPS) is 20.9. The highest BCUT2D eigenvalue weighted by Crippen LogP contribution is 2.36. The number of halogens is 1. The first-order valence-corrected chi connectivity index (χ1v) is 10.1. The molecule has 4 rings (SSSR count). The van der Waals surface area contributed by atoms with E-state index in [1.807, 2.05) is 29.2 Å². The number of para-hydroxylation sites is 1. The summed E-state index contributed by atoms with van der Waals surface area (Å²) >= 11 is 0. The van der Waals surface area contributed by atoms with Crippen molar-refractivity contribution in [1.82, 2.24) is 9.80 Å². The monoisotopic (exact) mass is 382 g/mol. The molecule has 2 aromatic carbocycles. The molecule has 2 atom stereocenters. The molecule has 0 spiro atoms. The van der Waals surface area contributed by atoms with Gasteiger partial charge in [-0.15, -0.1) is 0 Å². The van der Waals surface area contributed by atoms with Crippen molar-refractivity contribution in [1.29, 1.82) is 0 Å². The summed E-state index contributed by atoms with van der Waals surface area (Å²) in [6, 6.07) is 15.0. The predicted octanol–water partition coefficient (Wildman–Crippen LogP) is 3.99. The Morgan fingerprint density at radius 3 is 2.71 bits per heavy atom. The van der Waals surface area contributed by atoms with Crippen LogP contribution < -0.4 is 4.74 Å². The predicted molar refractivity (Wildman–Crippen MR) is 107 cm³/mol. The van der Waals surface area contributed by atoms with E-state index in [0.717, 1.165) is 49.5 Å². The first kappa shape index (κ1) is 18.9. The van der Waals surface area contributed by atoms with E-state index in [0.29, 0.717) is 13.0 Å². The molecule has 0 radical (unpaired) electrons. The van der Waals surface area contributed by atoms with Gasteiger partial charge in [0.1, 0.15) is 11.6 Å². The highest BCUT2D eigenvalue weighted by Gasteiger charge is 2.29. The minimum absolute atomic E-state index is 0.148. The zero-order chi connectivity index (χ0) is 19.5. The van der Waals surface area contributed by atoms with Crippen LogP contribution in [0.15, 0.2) is 48.5 Å². The number of hydrogen-bond acceptors (Lipinski definition) is 3. The van der Waals surface area contributed by atoms with Crippen LogP contribution >= 0.6 is 0 Å². The standard InChI is InChI=1S/C23H27FN2O2/c1-17(18-5-4-6-20(24)15-18)25-10-12-26(13-11-25)23(27)16-19-9-14-28-22-8-3-2-7-21(19)22/h2-8,15,17,19H,9-14,16H2,1H3/t17-,19+/m0/s1. The van der Waals surface area contributed by atoms with Crippen molar-refractivity contribution >= 4 is 5.91 Å². The molecule has 0 bridgehead atoms. The Kier molecular flexibility index (Phi) is 5.62. The molecule has 28 heavy (non-hydrogen) atoms. The molecule has 0 N–H and O–H groups in total. The quantitative estimate of drug-likeness (QED) is 0.802. The van der Waals surface area contributed by atoms with Crippen LogP contribution in [0.4, 0.5) is 4.39 Å². The van der Waals surface area contributed by atoms with Crippen molar-refractivity contribution in [2.75, 3.05) is 32.8 Å². The molecule has 5 heteroatoms. The molecule has 2 aliphatic rings. The maximum atomic E-state index is 13.5. The molecule has 148 valence electrons. The summed E-state index contributed by atoms with van der Waals surface area (Å²) < 4.78 is 19.2. The molecule has 1 amide bonds. The lowest BCUT2D eigenvalue weighted by atomic mass is 9.90. The average molecular weight is 382 g/mol. The minimum atomic E-state index is -0.199. The van der Waals surface area contributed by atoms with Gasteiger partial charge in [0.25, 0.3) is 0 Å². The van der Waals surface area contributed by atoms with Gasteiger partial charge in [-0.05, 0) is 48.6 Å². The first-order chi connectivity index (χ1) is 13.6. The van der Waals surface area contributed by atoms with E-state index in [1.165, 1.54) is 6.07 Å². The second-order valence-electron chi connectivity index (χ2n) is 7.72. The summed E-state index contributed by atoms with van der Waals surface area (Å²) in [6.07, 6.45) is 1.43. The third-order valence-electron chi connectivity index (χ3n) is 6.05. The maximum Gasteiger partial charge on any atom is 0.223 e. The molecule has 2 heterocycles. The number of amides is 1. The highest BCUT2D eigenvalue weighted by molar-refractivity contribution is 5.77. The van der Waals surface area contributed by atoms with Crippen LogP contribution in [0, 0.1) is 5.82 Å². The molecular weight excluding hydrogens is 355 g/mol. The summed E-state index contributed by atoms with van der Waals surface area (Å²) in [5.41, 5.74) is 2.14. The number of carbonyl (C=O) groups is 1. The van der Waals surface area contributed by atoms with Crippen LogP contribution in [0.5, 0.6) is 5.75 Å². The van der Waals surface area contributed by atoms with Gasteiger partial charge >= 0.3 is 0 Å². The minimum Gasteiger partial charge on any atom is -0.493 e. The number of nitrogens with zero attached hydrogens (tertiary/aromatic N) is 2. The van der Waals surface area contributed by atoms with Crippen molar-refractivity contribution in [3.05, 3.63) is 65.5 Å². The smallest absolute Gasteiger partial charge is 0.223 e. The number of carbonyl (C=O) groups excluding carboxylic acids is 1. The van der Waals surface area contributed by atoms with Crippen LogP contribution in [0.3, 0.4) is 0 Å². The van der Waals surface area contributed by atoms with Gasteiger partial charge in [0.2, 0.25) is 5.91 Å². The van der Waals surface area contributed by atoms with Crippen molar-refractivity contribution < 1.29 is 13.9 Å². The Bertz CT molecular complexity index is 833. The van der Waals surface area contributed by atoms with Crippen LogP contribution in [-0.4, -0.2) is 48.5 Å². The second kappa shape index (κ2) is 8.31. The highest BCUT2D eigenvalue weighted by atomic mass is 19.1. The number of benzene rings is 2. The number of ether oxygens (including phenoxy) is 1. The molecular formula is C23H27FN2O2. The SMILES string of the molecule is C[C@@H](c1cccc(F)c1)N1CCN(C(=O)C[C@H]2CCOc3ccccc32)CC1. The van der Waals surface area contributed by atoms with Crippen molar-refractivity contribution in [2.24, 2.45) is 0 Å². The molecule has 0 unspecified atom stereocenters. The van der Waals surface area contributed by atoms with Crippen molar-refractivity contribution in [3.8, 4) is 5.75 Å². The molecule has 1 fully saturated rings. The Labute approximate surface area is 165 Å². The van der Waals surface area contributed by atoms with Crippen molar-refractivity contribution in [2.45, 2.75) is 31.7 Å². The Balaban J connectivity index is 1.33. The zero-order valence-electron chi connectivity index (χ0n) is 16.3.